The van der Waals surface area contributed by atoms with Gasteiger partial charge in [-0.3, -0.25) is 4.98 Å². The summed E-state index contributed by atoms with van der Waals surface area (Å²) in [6, 6.07) is 11.5. The number of hydrogen-bond acceptors (Lipinski definition) is 4. The molecule has 1 aliphatic rings. The van der Waals surface area contributed by atoms with E-state index >= 15 is 0 Å². The third kappa shape index (κ3) is 4.01. The van der Waals surface area contributed by atoms with Crippen LogP contribution in [0, 0.1) is 0 Å². The summed E-state index contributed by atoms with van der Waals surface area (Å²) in [7, 11) is -3.33. The number of pyridine rings is 1. The van der Waals surface area contributed by atoms with E-state index in [1.807, 2.05) is 49.5 Å². The SMILES string of the molecule is CC(NS(=O)(=O)C1CCOCC1)c1ccc(-c2cccnc2)cc1. The highest BCUT2D eigenvalue weighted by Crippen LogP contribution is 2.23. The van der Waals surface area contributed by atoms with E-state index in [4.69, 9.17) is 4.74 Å². The van der Waals surface area contributed by atoms with E-state index < -0.39 is 10.0 Å². The molecule has 24 heavy (non-hydrogen) atoms. The lowest BCUT2D eigenvalue weighted by molar-refractivity contribution is 0.0981. The summed E-state index contributed by atoms with van der Waals surface area (Å²) in [6.45, 7) is 2.90. The second-order valence-electron chi connectivity index (χ2n) is 6.06. The van der Waals surface area contributed by atoms with Crippen LogP contribution in [0.2, 0.25) is 0 Å². The van der Waals surface area contributed by atoms with Gasteiger partial charge in [-0.15, -0.1) is 0 Å². The Bertz CT molecular complexity index is 755. The number of hydrogen-bond donors (Lipinski definition) is 1. The van der Waals surface area contributed by atoms with Crippen LogP contribution in [0.25, 0.3) is 11.1 Å². The van der Waals surface area contributed by atoms with Crippen molar-refractivity contribution in [3.8, 4) is 11.1 Å². The van der Waals surface area contributed by atoms with Crippen LogP contribution in [0.15, 0.2) is 48.8 Å². The molecule has 1 atom stereocenters. The maximum Gasteiger partial charge on any atom is 0.215 e. The predicted molar refractivity (Wildman–Crippen MR) is 94.0 cm³/mol. The highest BCUT2D eigenvalue weighted by atomic mass is 32.2. The minimum absolute atomic E-state index is 0.263. The molecule has 5 nitrogen and oxygen atoms in total. The summed E-state index contributed by atoms with van der Waals surface area (Å²) in [5, 5.41) is -0.358. The minimum atomic E-state index is -3.33. The van der Waals surface area contributed by atoms with Gasteiger partial charge >= 0.3 is 0 Å². The first-order valence-electron chi connectivity index (χ1n) is 8.15. The molecule has 0 radical (unpaired) electrons. The molecule has 0 aliphatic carbocycles. The number of aromatic nitrogens is 1. The van der Waals surface area contributed by atoms with Crippen molar-refractivity contribution in [1.82, 2.24) is 9.71 Å². The van der Waals surface area contributed by atoms with Crippen molar-refractivity contribution >= 4 is 10.0 Å². The van der Waals surface area contributed by atoms with E-state index in [2.05, 4.69) is 9.71 Å². The van der Waals surface area contributed by atoms with Crippen LogP contribution in [0.5, 0.6) is 0 Å². The molecule has 0 spiro atoms. The average Bonchev–Trinajstić information content (AvgIpc) is 2.63. The van der Waals surface area contributed by atoms with Gasteiger partial charge < -0.3 is 4.74 Å². The van der Waals surface area contributed by atoms with Gasteiger partial charge in [0.05, 0.1) is 5.25 Å². The van der Waals surface area contributed by atoms with Crippen LogP contribution >= 0.6 is 0 Å². The van der Waals surface area contributed by atoms with Crippen LogP contribution in [-0.2, 0) is 14.8 Å². The lowest BCUT2D eigenvalue weighted by Gasteiger charge is -2.24. The monoisotopic (exact) mass is 346 g/mol. The van der Waals surface area contributed by atoms with Crippen molar-refractivity contribution < 1.29 is 13.2 Å². The number of benzene rings is 1. The smallest absolute Gasteiger partial charge is 0.215 e. The van der Waals surface area contributed by atoms with Gasteiger partial charge in [0.2, 0.25) is 10.0 Å². The van der Waals surface area contributed by atoms with Crippen molar-refractivity contribution in [3.63, 3.8) is 0 Å². The van der Waals surface area contributed by atoms with Crippen molar-refractivity contribution in [3.05, 3.63) is 54.4 Å². The maximum atomic E-state index is 12.5. The molecule has 0 amide bonds. The van der Waals surface area contributed by atoms with Crippen LogP contribution in [0.4, 0.5) is 0 Å². The lowest BCUT2D eigenvalue weighted by Crippen LogP contribution is -2.39. The zero-order valence-corrected chi connectivity index (χ0v) is 14.5. The molecule has 128 valence electrons. The molecule has 1 unspecified atom stereocenters. The summed E-state index contributed by atoms with van der Waals surface area (Å²) < 4.78 is 33.0. The number of nitrogens with zero attached hydrogens (tertiary/aromatic N) is 1. The van der Waals surface area contributed by atoms with E-state index in [9.17, 15) is 8.42 Å². The van der Waals surface area contributed by atoms with E-state index in [-0.39, 0.29) is 11.3 Å². The molecule has 1 aromatic heterocycles. The van der Waals surface area contributed by atoms with Gasteiger partial charge in [0.1, 0.15) is 0 Å². The molecule has 6 heteroatoms. The first-order chi connectivity index (χ1) is 11.6. The molecule has 1 fully saturated rings. The van der Waals surface area contributed by atoms with Gasteiger partial charge in [0.15, 0.2) is 0 Å². The molecule has 1 aliphatic heterocycles. The Balaban J connectivity index is 1.70. The van der Waals surface area contributed by atoms with Crippen LogP contribution in [-0.4, -0.2) is 31.9 Å². The van der Waals surface area contributed by atoms with Crippen LogP contribution < -0.4 is 4.72 Å². The van der Waals surface area contributed by atoms with E-state index in [0.717, 1.165) is 16.7 Å². The first kappa shape index (κ1) is 17.1. The number of ether oxygens (including phenoxy) is 1. The second-order valence-corrected chi connectivity index (χ2v) is 8.05. The molecule has 1 aromatic carbocycles. The molecule has 0 bridgehead atoms. The van der Waals surface area contributed by atoms with Gasteiger partial charge in [0, 0.05) is 31.6 Å². The average molecular weight is 346 g/mol. The summed E-state index contributed by atoms with van der Waals surface area (Å²) >= 11 is 0. The predicted octanol–water partition coefficient (Wildman–Crippen LogP) is 2.91. The quantitative estimate of drug-likeness (QED) is 0.904. The van der Waals surface area contributed by atoms with E-state index in [1.165, 1.54) is 0 Å². The Kier molecular flexibility index (Phi) is 5.28. The largest absolute Gasteiger partial charge is 0.381 e. The Morgan fingerprint density at radius 3 is 2.46 bits per heavy atom. The maximum absolute atomic E-state index is 12.5. The Hall–Kier alpha value is -1.76. The van der Waals surface area contributed by atoms with Crippen molar-refractivity contribution in [2.75, 3.05) is 13.2 Å². The number of nitrogens with one attached hydrogen (secondary N) is 1. The van der Waals surface area contributed by atoms with Crippen LogP contribution in [0.1, 0.15) is 31.4 Å². The van der Waals surface area contributed by atoms with Crippen molar-refractivity contribution in [2.45, 2.75) is 31.1 Å². The molecule has 0 saturated carbocycles. The minimum Gasteiger partial charge on any atom is -0.381 e. The molecular formula is C18H22N2O3S. The Morgan fingerprint density at radius 1 is 1.12 bits per heavy atom. The summed E-state index contributed by atoms with van der Waals surface area (Å²) in [5.41, 5.74) is 3.05. The molecule has 2 aromatic rings. The lowest BCUT2D eigenvalue weighted by atomic mass is 10.0. The van der Waals surface area contributed by atoms with E-state index in [1.54, 1.807) is 6.20 Å². The highest BCUT2D eigenvalue weighted by molar-refractivity contribution is 7.90. The third-order valence-electron chi connectivity index (χ3n) is 4.35. The summed E-state index contributed by atoms with van der Waals surface area (Å²) in [6.07, 6.45) is 4.67. The molecule has 2 heterocycles. The molecule has 1 saturated heterocycles. The highest BCUT2D eigenvalue weighted by Gasteiger charge is 2.29. The van der Waals surface area contributed by atoms with Gasteiger partial charge in [-0.2, -0.15) is 0 Å². The van der Waals surface area contributed by atoms with Crippen molar-refractivity contribution in [2.24, 2.45) is 0 Å². The molecular weight excluding hydrogens is 324 g/mol. The van der Waals surface area contributed by atoms with Crippen LogP contribution in [0.3, 0.4) is 0 Å². The fourth-order valence-electron chi connectivity index (χ4n) is 2.89. The zero-order valence-electron chi connectivity index (χ0n) is 13.7. The second kappa shape index (κ2) is 7.42. The molecule has 3 rings (SSSR count). The van der Waals surface area contributed by atoms with Gasteiger partial charge in [0.25, 0.3) is 0 Å². The fraction of sp³-hybridized carbons (Fsp3) is 0.389. The summed E-state index contributed by atoms with van der Waals surface area (Å²) in [5.74, 6) is 0. The fourth-order valence-corrected chi connectivity index (χ4v) is 4.53. The Labute approximate surface area is 143 Å². The standard InChI is InChI=1S/C18H22N2O3S/c1-14(20-24(21,22)18-8-11-23-12-9-18)15-4-6-16(7-5-15)17-3-2-10-19-13-17/h2-7,10,13-14,18,20H,8-9,11-12H2,1H3. The molecule has 1 N–H and O–H groups in total. The number of sulfonamides is 1. The van der Waals surface area contributed by atoms with Gasteiger partial charge in [-0.05, 0) is 42.5 Å². The van der Waals surface area contributed by atoms with Crippen molar-refractivity contribution in [1.29, 1.82) is 0 Å². The third-order valence-corrected chi connectivity index (χ3v) is 6.38. The topological polar surface area (TPSA) is 68.3 Å². The Morgan fingerprint density at radius 2 is 1.83 bits per heavy atom. The first-order valence-corrected chi connectivity index (χ1v) is 9.70. The van der Waals surface area contributed by atoms with E-state index in [0.29, 0.717) is 26.1 Å². The van der Waals surface area contributed by atoms with Gasteiger partial charge in [-0.1, -0.05) is 30.3 Å². The summed E-state index contributed by atoms with van der Waals surface area (Å²) in [4.78, 5) is 4.12. The van der Waals surface area contributed by atoms with Gasteiger partial charge in [-0.25, -0.2) is 13.1 Å². The zero-order chi connectivity index (χ0) is 17.0. The number of rotatable bonds is 5. The normalized spacial score (nSPS) is 17.5.